The number of imide groups is 1. The number of benzene rings is 1. The zero-order valence-electron chi connectivity index (χ0n) is 15.1. The van der Waals surface area contributed by atoms with Gasteiger partial charge < -0.3 is 10.2 Å². The predicted molar refractivity (Wildman–Crippen MR) is 98.6 cm³/mol. The SMILES string of the molecule is CC(C1CCCCC1)N1C(=O)S/C(=C\c2cc(O)c(O)c(C(F)(F)F)c2)C1=O. The van der Waals surface area contributed by atoms with E-state index >= 15 is 0 Å². The first-order chi connectivity index (χ1) is 13.1. The number of rotatable bonds is 3. The number of thioether (sulfide) groups is 1. The molecule has 152 valence electrons. The van der Waals surface area contributed by atoms with Crippen molar-refractivity contribution >= 4 is 29.0 Å². The van der Waals surface area contributed by atoms with E-state index in [-0.39, 0.29) is 22.4 Å². The molecule has 2 N–H and O–H groups in total. The molecule has 2 aliphatic rings. The van der Waals surface area contributed by atoms with Crippen LogP contribution < -0.4 is 0 Å². The number of amides is 2. The van der Waals surface area contributed by atoms with Gasteiger partial charge in [0.25, 0.3) is 11.1 Å². The maximum absolute atomic E-state index is 13.0. The van der Waals surface area contributed by atoms with Crippen LogP contribution in [0.3, 0.4) is 0 Å². The maximum atomic E-state index is 13.0. The van der Waals surface area contributed by atoms with E-state index in [1.165, 1.54) is 4.90 Å². The topological polar surface area (TPSA) is 77.8 Å². The van der Waals surface area contributed by atoms with Gasteiger partial charge in [-0.05, 0) is 61.2 Å². The first-order valence-corrected chi connectivity index (χ1v) is 9.81. The van der Waals surface area contributed by atoms with E-state index in [0.29, 0.717) is 17.8 Å². The van der Waals surface area contributed by atoms with Crippen molar-refractivity contribution in [2.75, 3.05) is 0 Å². The van der Waals surface area contributed by atoms with E-state index in [9.17, 15) is 33.0 Å². The van der Waals surface area contributed by atoms with Gasteiger partial charge in [-0.2, -0.15) is 13.2 Å². The zero-order valence-corrected chi connectivity index (χ0v) is 15.9. The fraction of sp³-hybridized carbons (Fsp3) is 0.474. The van der Waals surface area contributed by atoms with Crippen LogP contribution in [0.25, 0.3) is 6.08 Å². The number of phenols is 2. The highest BCUT2D eigenvalue weighted by Gasteiger charge is 2.41. The Kier molecular flexibility index (Phi) is 5.65. The fourth-order valence-corrected chi connectivity index (χ4v) is 4.67. The lowest BCUT2D eigenvalue weighted by molar-refractivity contribution is -0.139. The molecule has 0 bridgehead atoms. The van der Waals surface area contributed by atoms with Crippen LogP contribution in [0.5, 0.6) is 11.5 Å². The molecule has 1 aromatic rings. The number of nitrogens with zero attached hydrogens (tertiary/aromatic N) is 1. The second kappa shape index (κ2) is 7.69. The average molecular weight is 415 g/mol. The standard InChI is InChI=1S/C19H20F3NO4S/c1-10(12-5-3-2-4-6-12)23-17(26)15(28-18(23)27)9-11-7-13(19(20,21)22)16(25)14(24)8-11/h7-10,12,24-25H,2-6H2,1H3/b15-9-. The lowest BCUT2D eigenvalue weighted by Gasteiger charge is -2.32. The number of hydrogen-bond donors (Lipinski definition) is 2. The minimum Gasteiger partial charge on any atom is -0.504 e. The van der Waals surface area contributed by atoms with Gasteiger partial charge in [0.05, 0.1) is 4.91 Å². The molecule has 9 heteroatoms. The van der Waals surface area contributed by atoms with Crippen molar-refractivity contribution in [3.63, 3.8) is 0 Å². The third-order valence-electron chi connectivity index (χ3n) is 5.28. The van der Waals surface area contributed by atoms with Gasteiger partial charge in [-0.15, -0.1) is 0 Å². The van der Waals surface area contributed by atoms with Gasteiger partial charge in [0.15, 0.2) is 11.5 Å². The quantitative estimate of drug-likeness (QED) is 0.529. The fourth-order valence-electron chi connectivity index (χ4n) is 3.75. The van der Waals surface area contributed by atoms with Gasteiger partial charge in [-0.1, -0.05) is 19.3 Å². The third-order valence-corrected chi connectivity index (χ3v) is 6.16. The highest BCUT2D eigenvalue weighted by atomic mass is 32.2. The molecule has 0 spiro atoms. The molecular formula is C19H20F3NO4S. The molecule has 2 fully saturated rings. The first kappa shape index (κ1) is 20.6. The Morgan fingerprint density at radius 2 is 1.82 bits per heavy atom. The largest absolute Gasteiger partial charge is 0.504 e. The second-order valence-electron chi connectivity index (χ2n) is 7.12. The lowest BCUT2D eigenvalue weighted by Crippen LogP contribution is -2.42. The van der Waals surface area contributed by atoms with Gasteiger partial charge in [-0.25, -0.2) is 0 Å². The molecule has 1 atom stereocenters. The van der Waals surface area contributed by atoms with Crippen molar-refractivity contribution in [3.05, 3.63) is 28.2 Å². The van der Waals surface area contributed by atoms with Crippen LogP contribution in [0, 0.1) is 5.92 Å². The number of halogens is 3. The van der Waals surface area contributed by atoms with Gasteiger partial charge in [0.2, 0.25) is 0 Å². The van der Waals surface area contributed by atoms with Crippen molar-refractivity contribution in [1.82, 2.24) is 4.90 Å². The molecule has 1 heterocycles. The van der Waals surface area contributed by atoms with Gasteiger partial charge in [0, 0.05) is 6.04 Å². The predicted octanol–water partition coefficient (Wildman–Crippen LogP) is 5.12. The molecule has 28 heavy (non-hydrogen) atoms. The van der Waals surface area contributed by atoms with Crippen LogP contribution in [0.1, 0.15) is 50.2 Å². The number of carbonyl (C=O) groups excluding carboxylic acids is 2. The Bertz CT molecular complexity index is 831. The van der Waals surface area contributed by atoms with E-state index in [1.54, 1.807) is 0 Å². The summed E-state index contributed by atoms with van der Waals surface area (Å²) in [5, 5.41) is 18.6. The summed E-state index contributed by atoms with van der Waals surface area (Å²) in [6.45, 7) is 1.82. The summed E-state index contributed by atoms with van der Waals surface area (Å²) in [4.78, 5) is 26.3. The summed E-state index contributed by atoms with van der Waals surface area (Å²) in [5.74, 6) is -2.55. The number of hydrogen-bond acceptors (Lipinski definition) is 5. The Balaban J connectivity index is 1.89. The average Bonchev–Trinajstić information content (AvgIpc) is 2.90. The van der Waals surface area contributed by atoms with Crippen LogP contribution in [0.2, 0.25) is 0 Å². The molecule has 5 nitrogen and oxygen atoms in total. The number of carbonyl (C=O) groups is 2. The van der Waals surface area contributed by atoms with E-state index in [1.807, 2.05) is 6.92 Å². The number of phenolic OH excluding ortho intramolecular Hbond substituents is 2. The zero-order chi connectivity index (χ0) is 20.6. The van der Waals surface area contributed by atoms with Crippen LogP contribution >= 0.6 is 11.8 Å². The summed E-state index contributed by atoms with van der Waals surface area (Å²) in [6, 6.07) is 1.27. The van der Waals surface area contributed by atoms with Crippen LogP contribution in [-0.4, -0.2) is 32.3 Å². The van der Waals surface area contributed by atoms with Gasteiger partial charge in [-0.3, -0.25) is 14.5 Å². The Hall–Kier alpha value is -2.16. The summed E-state index contributed by atoms with van der Waals surface area (Å²) in [5.41, 5.74) is -1.54. The van der Waals surface area contributed by atoms with Crippen LogP contribution in [0.4, 0.5) is 18.0 Å². The van der Waals surface area contributed by atoms with Gasteiger partial charge >= 0.3 is 6.18 Å². The van der Waals surface area contributed by atoms with Gasteiger partial charge in [0.1, 0.15) is 5.56 Å². The van der Waals surface area contributed by atoms with Crippen LogP contribution in [-0.2, 0) is 11.0 Å². The van der Waals surface area contributed by atoms with E-state index in [2.05, 4.69) is 0 Å². The van der Waals surface area contributed by atoms with Crippen molar-refractivity contribution in [1.29, 1.82) is 0 Å². The van der Waals surface area contributed by atoms with Crippen molar-refractivity contribution in [2.24, 2.45) is 5.92 Å². The van der Waals surface area contributed by atoms with E-state index in [0.717, 1.165) is 44.2 Å². The highest BCUT2D eigenvalue weighted by molar-refractivity contribution is 8.18. The summed E-state index contributed by atoms with van der Waals surface area (Å²) in [7, 11) is 0. The summed E-state index contributed by atoms with van der Waals surface area (Å²) < 4.78 is 39.0. The van der Waals surface area contributed by atoms with Crippen molar-refractivity contribution in [2.45, 2.75) is 51.2 Å². The lowest BCUT2D eigenvalue weighted by atomic mass is 9.84. The molecule has 3 rings (SSSR count). The van der Waals surface area contributed by atoms with Crippen LogP contribution in [0.15, 0.2) is 17.0 Å². The molecule has 1 aliphatic carbocycles. The number of aromatic hydroxyl groups is 2. The summed E-state index contributed by atoms with van der Waals surface area (Å²) in [6.07, 6.45) is 1.36. The Labute approximate surface area is 164 Å². The Morgan fingerprint density at radius 1 is 1.18 bits per heavy atom. The molecule has 1 saturated carbocycles. The molecular weight excluding hydrogens is 395 g/mol. The normalized spacial score (nSPS) is 21.6. The first-order valence-electron chi connectivity index (χ1n) is 9.00. The maximum Gasteiger partial charge on any atom is 0.420 e. The number of alkyl halides is 3. The third kappa shape index (κ3) is 3.99. The molecule has 1 aliphatic heterocycles. The molecule has 0 radical (unpaired) electrons. The summed E-state index contributed by atoms with van der Waals surface area (Å²) >= 11 is 0.666. The Morgan fingerprint density at radius 3 is 2.43 bits per heavy atom. The minimum atomic E-state index is -4.87. The van der Waals surface area contributed by atoms with Crippen molar-refractivity contribution < 1.29 is 33.0 Å². The smallest absolute Gasteiger partial charge is 0.420 e. The monoisotopic (exact) mass is 415 g/mol. The molecule has 1 unspecified atom stereocenters. The van der Waals surface area contributed by atoms with E-state index in [4.69, 9.17) is 0 Å². The molecule has 1 aromatic carbocycles. The van der Waals surface area contributed by atoms with Crippen molar-refractivity contribution in [3.8, 4) is 11.5 Å². The molecule has 2 amide bonds. The molecule has 1 saturated heterocycles. The molecule has 0 aromatic heterocycles. The highest BCUT2D eigenvalue weighted by Crippen LogP contribution is 2.43. The second-order valence-corrected chi connectivity index (χ2v) is 8.12. The van der Waals surface area contributed by atoms with E-state index < -0.39 is 34.4 Å². The minimum absolute atomic E-state index is 0.00845.